The van der Waals surface area contributed by atoms with E-state index in [0.29, 0.717) is 16.4 Å². The molecular formula is C17H13ClN6O. The van der Waals surface area contributed by atoms with Crippen LogP contribution in [0.15, 0.2) is 48.7 Å². The van der Waals surface area contributed by atoms with E-state index < -0.39 is 0 Å². The van der Waals surface area contributed by atoms with Crippen LogP contribution >= 0.6 is 11.6 Å². The number of hydrogen-bond acceptors (Lipinski definition) is 4. The standard InChI is InChI=1S/C17H13ClN6O/c1-10-16(22-23-24(10)14-4-2-3-12(18)8-14)17(25)20-13-5-6-15-11(7-13)9-19-21-15/h2-9H,1H3,(H,19,21)(H,20,25). The van der Waals surface area contributed by atoms with Crippen molar-refractivity contribution in [1.82, 2.24) is 25.2 Å². The lowest BCUT2D eigenvalue weighted by molar-refractivity contribution is 0.102. The lowest BCUT2D eigenvalue weighted by Crippen LogP contribution is -2.14. The van der Waals surface area contributed by atoms with Crippen molar-refractivity contribution in [3.63, 3.8) is 0 Å². The predicted octanol–water partition coefficient (Wildman–Crippen LogP) is 3.36. The van der Waals surface area contributed by atoms with Crippen LogP contribution < -0.4 is 5.32 Å². The average Bonchev–Trinajstić information content (AvgIpc) is 3.20. The molecule has 2 aromatic heterocycles. The second-order valence-corrected chi connectivity index (χ2v) is 5.98. The minimum Gasteiger partial charge on any atom is -0.321 e. The van der Waals surface area contributed by atoms with Crippen LogP contribution in [0, 0.1) is 6.92 Å². The summed E-state index contributed by atoms with van der Waals surface area (Å²) < 4.78 is 1.58. The quantitative estimate of drug-likeness (QED) is 0.591. The zero-order valence-corrected chi connectivity index (χ0v) is 13.9. The van der Waals surface area contributed by atoms with E-state index in [9.17, 15) is 4.79 Å². The molecule has 0 radical (unpaired) electrons. The first-order valence-electron chi connectivity index (χ1n) is 7.54. The maximum atomic E-state index is 12.5. The largest absolute Gasteiger partial charge is 0.321 e. The van der Waals surface area contributed by atoms with Crippen LogP contribution in [0.1, 0.15) is 16.2 Å². The van der Waals surface area contributed by atoms with Crippen molar-refractivity contribution in [3.8, 4) is 5.69 Å². The van der Waals surface area contributed by atoms with Gasteiger partial charge < -0.3 is 5.32 Å². The summed E-state index contributed by atoms with van der Waals surface area (Å²) in [6.07, 6.45) is 1.70. The van der Waals surface area contributed by atoms with Crippen LogP contribution in [-0.2, 0) is 0 Å². The minimum absolute atomic E-state index is 0.257. The van der Waals surface area contributed by atoms with Crippen molar-refractivity contribution in [2.45, 2.75) is 6.92 Å². The first kappa shape index (κ1) is 15.3. The van der Waals surface area contributed by atoms with Crippen LogP contribution in [-0.4, -0.2) is 31.1 Å². The van der Waals surface area contributed by atoms with E-state index in [-0.39, 0.29) is 11.6 Å². The van der Waals surface area contributed by atoms with E-state index in [4.69, 9.17) is 11.6 Å². The van der Waals surface area contributed by atoms with E-state index in [2.05, 4.69) is 25.8 Å². The minimum atomic E-state index is -0.325. The number of hydrogen-bond donors (Lipinski definition) is 2. The summed E-state index contributed by atoms with van der Waals surface area (Å²) >= 11 is 6.01. The molecule has 0 aliphatic heterocycles. The van der Waals surface area contributed by atoms with Crippen molar-refractivity contribution in [1.29, 1.82) is 0 Å². The summed E-state index contributed by atoms with van der Waals surface area (Å²) in [5.41, 5.74) is 3.20. The van der Waals surface area contributed by atoms with Gasteiger partial charge in [-0.1, -0.05) is 22.9 Å². The second kappa shape index (κ2) is 6.03. The van der Waals surface area contributed by atoms with Gasteiger partial charge in [-0.05, 0) is 43.3 Å². The van der Waals surface area contributed by atoms with Crippen LogP contribution in [0.5, 0.6) is 0 Å². The van der Waals surface area contributed by atoms with Gasteiger partial charge in [-0.2, -0.15) is 5.10 Å². The van der Waals surface area contributed by atoms with Crippen molar-refractivity contribution in [2.24, 2.45) is 0 Å². The van der Waals surface area contributed by atoms with E-state index in [1.165, 1.54) is 0 Å². The van der Waals surface area contributed by atoms with E-state index in [1.54, 1.807) is 36.0 Å². The average molecular weight is 353 g/mol. The van der Waals surface area contributed by atoms with Gasteiger partial charge in [0.2, 0.25) is 0 Å². The molecule has 1 amide bonds. The Morgan fingerprint density at radius 2 is 2.12 bits per heavy atom. The van der Waals surface area contributed by atoms with Gasteiger partial charge in [0.1, 0.15) is 0 Å². The van der Waals surface area contributed by atoms with Gasteiger partial charge >= 0.3 is 0 Å². The monoisotopic (exact) mass is 352 g/mol. The highest BCUT2D eigenvalue weighted by atomic mass is 35.5. The number of aromatic amines is 1. The van der Waals surface area contributed by atoms with Gasteiger partial charge in [-0.25, -0.2) is 4.68 Å². The number of nitrogens with zero attached hydrogens (tertiary/aromatic N) is 4. The summed E-state index contributed by atoms with van der Waals surface area (Å²) in [5, 5.41) is 19.2. The van der Waals surface area contributed by atoms with Crippen LogP contribution in [0.3, 0.4) is 0 Å². The Kier molecular flexibility index (Phi) is 3.70. The van der Waals surface area contributed by atoms with Gasteiger partial charge in [0.25, 0.3) is 5.91 Å². The molecule has 0 aliphatic carbocycles. The topological polar surface area (TPSA) is 88.5 Å². The molecular weight excluding hydrogens is 340 g/mol. The van der Waals surface area contributed by atoms with E-state index in [1.807, 2.05) is 24.3 Å². The first-order chi connectivity index (χ1) is 12.1. The molecule has 124 valence electrons. The van der Waals surface area contributed by atoms with E-state index >= 15 is 0 Å². The van der Waals surface area contributed by atoms with Crippen LogP contribution in [0.25, 0.3) is 16.6 Å². The summed E-state index contributed by atoms with van der Waals surface area (Å²) in [4.78, 5) is 12.5. The molecule has 25 heavy (non-hydrogen) atoms. The third kappa shape index (κ3) is 2.85. The lowest BCUT2D eigenvalue weighted by Gasteiger charge is -2.05. The third-order valence-electron chi connectivity index (χ3n) is 3.86. The lowest BCUT2D eigenvalue weighted by atomic mass is 10.2. The molecule has 2 aromatic carbocycles. The van der Waals surface area contributed by atoms with Gasteiger partial charge in [-0.15, -0.1) is 5.10 Å². The highest BCUT2D eigenvalue weighted by molar-refractivity contribution is 6.30. The normalized spacial score (nSPS) is 11.0. The Balaban J connectivity index is 1.62. The molecule has 0 spiro atoms. The van der Waals surface area contributed by atoms with Crippen molar-refractivity contribution >= 4 is 34.1 Å². The highest BCUT2D eigenvalue weighted by Crippen LogP contribution is 2.19. The maximum Gasteiger partial charge on any atom is 0.278 e. The summed E-state index contributed by atoms with van der Waals surface area (Å²) in [6.45, 7) is 1.79. The first-order valence-corrected chi connectivity index (χ1v) is 7.92. The Hall–Kier alpha value is -3.19. The van der Waals surface area contributed by atoms with Crippen molar-refractivity contribution in [3.05, 3.63) is 65.1 Å². The van der Waals surface area contributed by atoms with Gasteiger partial charge in [-0.3, -0.25) is 9.89 Å². The number of fused-ring (bicyclic) bond motifs is 1. The number of carbonyl (C=O) groups excluding carboxylic acids is 1. The zero-order valence-electron chi connectivity index (χ0n) is 13.2. The molecule has 2 N–H and O–H groups in total. The van der Waals surface area contributed by atoms with Crippen LogP contribution in [0.4, 0.5) is 5.69 Å². The Bertz CT molecular complexity index is 1080. The van der Waals surface area contributed by atoms with Crippen LogP contribution in [0.2, 0.25) is 5.02 Å². The number of nitrogens with one attached hydrogen (secondary N) is 2. The smallest absolute Gasteiger partial charge is 0.278 e. The van der Waals surface area contributed by atoms with Crippen molar-refractivity contribution < 1.29 is 4.79 Å². The number of aromatic nitrogens is 5. The molecule has 0 atom stereocenters. The third-order valence-corrected chi connectivity index (χ3v) is 4.10. The SMILES string of the molecule is Cc1c(C(=O)Nc2ccc3[nH]ncc3c2)nnn1-c1cccc(Cl)c1. The predicted molar refractivity (Wildman–Crippen MR) is 95.2 cm³/mol. The number of amides is 1. The number of rotatable bonds is 3. The Morgan fingerprint density at radius 1 is 1.24 bits per heavy atom. The molecule has 2 heterocycles. The van der Waals surface area contributed by atoms with Crippen molar-refractivity contribution in [2.75, 3.05) is 5.32 Å². The molecule has 4 rings (SSSR count). The molecule has 0 saturated heterocycles. The number of halogens is 1. The maximum absolute atomic E-state index is 12.5. The van der Waals surface area contributed by atoms with Gasteiger partial charge in [0.15, 0.2) is 5.69 Å². The molecule has 0 saturated carbocycles. The fourth-order valence-electron chi connectivity index (χ4n) is 2.60. The number of benzene rings is 2. The molecule has 0 bridgehead atoms. The Morgan fingerprint density at radius 3 is 2.96 bits per heavy atom. The summed E-state index contributed by atoms with van der Waals surface area (Å²) in [5.74, 6) is -0.325. The van der Waals surface area contributed by atoms with Gasteiger partial charge in [0.05, 0.1) is 23.1 Å². The molecule has 0 unspecified atom stereocenters. The number of H-pyrrole nitrogens is 1. The summed E-state index contributed by atoms with van der Waals surface area (Å²) in [6, 6.07) is 12.7. The number of carbonyl (C=O) groups is 1. The van der Waals surface area contributed by atoms with E-state index in [0.717, 1.165) is 16.6 Å². The zero-order chi connectivity index (χ0) is 17.4. The molecule has 0 fully saturated rings. The second-order valence-electron chi connectivity index (χ2n) is 5.54. The molecule has 4 aromatic rings. The molecule has 7 nitrogen and oxygen atoms in total. The fourth-order valence-corrected chi connectivity index (χ4v) is 2.79. The van der Waals surface area contributed by atoms with Gasteiger partial charge in [0, 0.05) is 16.1 Å². The molecule has 8 heteroatoms. The molecule has 0 aliphatic rings. The fraction of sp³-hybridized carbons (Fsp3) is 0.0588. The summed E-state index contributed by atoms with van der Waals surface area (Å²) in [7, 11) is 0. The number of anilines is 1. The highest BCUT2D eigenvalue weighted by Gasteiger charge is 2.17. The Labute approximate surface area is 147 Å².